The molecule has 0 unspecified atom stereocenters. The standard InChI is InChI=1S/C11H14O/c1-4-6-10-7-5-8-11(12-3)9(10)2/h4-5,7-8H,1,6H2,2-3H3. The van der Waals surface area contributed by atoms with Crippen molar-refractivity contribution in [3.8, 4) is 5.75 Å². The minimum atomic E-state index is 0.906. The third-order valence-corrected chi connectivity index (χ3v) is 1.98. The number of benzene rings is 1. The Labute approximate surface area is 73.7 Å². The molecule has 0 aliphatic rings. The minimum Gasteiger partial charge on any atom is -0.496 e. The Balaban J connectivity index is 3.04. The molecule has 1 nitrogen and oxygen atoms in total. The molecule has 0 saturated heterocycles. The van der Waals surface area contributed by atoms with E-state index >= 15 is 0 Å². The third-order valence-electron chi connectivity index (χ3n) is 1.98. The first-order valence-corrected chi connectivity index (χ1v) is 4.03. The highest BCUT2D eigenvalue weighted by Gasteiger charge is 2.00. The Morgan fingerprint density at radius 3 is 2.83 bits per heavy atom. The van der Waals surface area contributed by atoms with Crippen molar-refractivity contribution < 1.29 is 4.74 Å². The van der Waals surface area contributed by atoms with Crippen molar-refractivity contribution in [2.45, 2.75) is 13.3 Å². The van der Waals surface area contributed by atoms with Gasteiger partial charge >= 0.3 is 0 Å². The van der Waals surface area contributed by atoms with Crippen LogP contribution in [0.2, 0.25) is 0 Å². The van der Waals surface area contributed by atoms with E-state index < -0.39 is 0 Å². The van der Waals surface area contributed by atoms with Crippen LogP contribution < -0.4 is 4.74 Å². The first-order chi connectivity index (χ1) is 5.79. The Bertz CT molecular complexity index is 276. The highest BCUT2D eigenvalue weighted by molar-refractivity contribution is 5.39. The lowest BCUT2D eigenvalue weighted by Crippen LogP contribution is -1.91. The molecule has 0 atom stereocenters. The molecule has 0 saturated carbocycles. The lowest BCUT2D eigenvalue weighted by atomic mass is 10.1. The third kappa shape index (κ3) is 1.67. The summed E-state index contributed by atoms with van der Waals surface area (Å²) in [6.45, 7) is 5.78. The van der Waals surface area contributed by atoms with Gasteiger partial charge in [-0.25, -0.2) is 0 Å². The predicted octanol–water partition coefficient (Wildman–Crippen LogP) is 2.73. The number of hydrogen-bond donors (Lipinski definition) is 0. The largest absolute Gasteiger partial charge is 0.496 e. The van der Waals surface area contributed by atoms with Crippen LogP contribution in [0.3, 0.4) is 0 Å². The predicted molar refractivity (Wildman–Crippen MR) is 51.6 cm³/mol. The number of ether oxygens (including phenoxy) is 1. The van der Waals surface area contributed by atoms with Crippen LogP contribution in [0.5, 0.6) is 5.75 Å². The van der Waals surface area contributed by atoms with Gasteiger partial charge in [-0.15, -0.1) is 6.58 Å². The number of allylic oxidation sites excluding steroid dienone is 1. The van der Waals surface area contributed by atoms with Gasteiger partial charge in [0.1, 0.15) is 5.75 Å². The van der Waals surface area contributed by atoms with Gasteiger partial charge in [-0.05, 0) is 30.5 Å². The summed E-state index contributed by atoms with van der Waals surface area (Å²) in [7, 11) is 1.69. The van der Waals surface area contributed by atoms with E-state index in [-0.39, 0.29) is 0 Å². The van der Waals surface area contributed by atoms with E-state index in [4.69, 9.17) is 4.74 Å². The summed E-state index contributed by atoms with van der Waals surface area (Å²) in [5.41, 5.74) is 2.49. The van der Waals surface area contributed by atoms with Crippen LogP contribution in [0.4, 0.5) is 0 Å². The molecule has 12 heavy (non-hydrogen) atoms. The van der Waals surface area contributed by atoms with E-state index in [1.807, 2.05) is 18.2 Å². The van der Waals surface area contributed by atoms with Gasteiger partial charge in [0, 0.05) is 0 Å². The Hall–Kier alpha value is -1.24. The Morgan fingerprint density at radius 1 is 1.50 bits per heavy atom. The van der Waals surface area contributed by atoms with Gasteiger partial charge in [0.05, 0.1) is 7.11 Å². The second-order valence-corrected chi connectivity index (χ2v) is 2.74. The van der Waals surface area contributed by atoms with Crippen LogP contribution in [0.15, 0.2) is 30.9 Å². The molecule has 0 radical (unpaired) electrons. The van der Waals surface area contributed by atoms with Crippen LogP contribution in [0.1, 0.15) is 11.1 Å². The highest BCUT2D eigenvalue weighted by atomic mass is 16.5. The maximum absolute atomic E-state index is 5.20. The fourth-order valence-electron chi connectivity index (χ4n) is 1.26. The minimum absolute atomic E-state index is 0.906. The number of rotatable bonds is 3. The van der Waals surface area contributed by atoms with E-state index in [9.17, 15) is 0 Å². The molecule has 0 aliphatic carbocycles. The normalized spacial score (nSPS) is 9.50. The van der Waals surface area contributed by atoms with Crippen LogP contribution in [-0.2, 0) is 6.42 Å². The zero-order chi connectivity index (χ0) is 8.97. The van der Waals surface area contributed by atoms with Crippen molar-refractivity contribution in [1.82, 2.24) is 0 Å². The maximum Gasteiger partial charge on any atom is 0.122 e. The van der Waals surface area contributed by atoms with Gasteiger partial charge < -0.3 is 4.74 Å². The van der Waals surface area contributed by atoms with E-state index in [1.54, 1.807) is 7.11 Å². The molecule has 1 rings (SSSR count). The molecule has 0 aromatic heterocycles. The van der Waals surface area contributed by atoms with Crippen LogP contribution in [-0.4, -0.2) is 7.11 Å². The fraction of sp³-hybridized carbons (Fsp3) is 0.273. The van der Waals surface area contributed by atoms with Gasteiger partial charge in [-0.2, -0.15) is 0 Å². The molecule has 0 heterocycles. The molecule has 0 aliphatic heterocycles. The first-order valence-electron chi connectivity index (χ1n) is 4.03. The summed E-state index contributed by atoms with van der Waals surface area (Å²) in [5, 5.41) is 0. The van der Waals surface area contributed by atoms with Crippen molar-refractivity contribution in [3.05, 3.63) is 42.0 Å². The average molecular weight is 162 g/mol. The van der Waals surface area contributed by atoms with Crippen LogP contribution in [0, 0.1) is 6.92 Å². The summed E-state index contributed by atoms with van der Waals surface area (Å²) < 4.78 is 5.20. The first kappa shape index (κ1) is 8.85. The summed E-state index contributed by atoms with van der Waals surface area (Å²) in [5.74, 6) is 0.953. The van der Waals surface area contributed by atoms with Gasteiger partial charge in [0.25, 0.3) is 0 Å². The molecule has 0 bridgehead atoms. The van der Waals surface area contributed by atoms with Gasteiger partial charge in [0.2, 0.25) is 0 Å². The van der Waals surface area contributed by atoms with Crippen molar-refractivity contribution in [1.29, 1.82) is 0 Å². The second kappa shape index (κ2) is 3.96. The summed E-state index contributed by atoms with van der Waals surface area (Å²) in [6, 6.07) is 6.08. The highest BCUT2D eigenvalue weighted by Crippen LogP contribution is 2.21. The smallest absolute Gasteiger partial charge is 0.122 e. The van der Waals surface area contributed by atoms with Gasteiger partial charge in [-0.1, -0.05) is 18.2 Å². The summed E-state index contributed by atoms with van der Waals surface area (Å²) >= 11 is 0. The summed E-state index contributed by atoms with van der Waals surface area (Å²) in [6.07, 6.45) is 2.81. The molecule has 1 aromatic carbocycles. The molecule has 64 valence electrons. The lowest BCUT2D eigenvalue weighted by Gasteiger charge is -2.07. The molecular weight excluding hydrogens is 148 g/mol. The van der Waals surface area contributed by atoms with Crippen LogP contribution in [0.25, 0.3) is 0 Å². The summed E-state index contributed by atoms with van der Waals surface area (Å²) in [4.78, 5) is 0. The van der Waals surface area contributed by atoms with E-state index in [0.717, 1.165) is 12.2 Å². The van der Waals surface area contributed by atoms with Crippen molar-refractivity contribution in [3.63, 3.8) is 0 Å². The van der Waals surface area contributed by atoms with E-state index in [2.05, 4.69) is 19.6 Å². The van der Waals surface area contributed by atoms with Gasteiger partial charge in [-0.3, -0.25) is 0 Å². The zero-order valence-corrected chi connectivity index (χ0v) is 7.63. The monoisotopic (exact) mass is 162 g/mol. The maximum atomic E-state index is 5.20. The Morgan fingerprint density at radius 2 is 2.25 bits per heavy atom. The molecular formula is C11H14O. The topological polar surface area (TPSA) is 9.23 Å². The molecule has 0 fully saturated rings. The lowest BCUT2D eigenvalue weighted by molar-refractivity contribution is 0.411. The molecule has 0 N–H and O–H groups in total. The number of hydrogen-bond acceptors (Lipinski definition) is 1. The van der Waals surface area contributed by atoms with Crippen molar-refractivity contribution in [2.75, 3.05) is 7.11 Å². The van der Waals surface area contributed by atoms with Crippen molar-refractivity contribution >= 4 is 0 Å². The van der Waals surface area contributed by atoms with E-state index in [0.29, 0.717) is 0 Å². The van der Waals surface area contributed by atoms with Crippen molar-refractivity contribution in [2.24, 2.45) is 0 Å². The van der Waals surface area contributed by atoms with Crippen LogP contribution >= 0.6 is 0 Å². The fourth-order valence-corrected chi connectivity index (χ4v) is 1.26. The zero-order valence-electron chi connectivity index (χ0n) is 7.63. The average Bonchev–Trinajstić information content (AvgIpc) is 2.09. The second-order valence-electron chi connectivity index (χ2n) is 2.74. The van der Waals surface area contributed by atoms with Gasteiger partial charge in [0.15, 0.2) is 0 Å². The quantitative estimate of drug-likeness (QED) is 0.621. The SMILES string of the molecule is C=CCc1cccc(OC)c1C. The molecule has 0 amide bonds. The molecule has 0 spiro atoms. The van der Waals surface area contributed by atoms with E-state index in [1.165, 1.54) is 11.1 Å². The molecule has 1 aromatic rings. The Kier molecular flexibility index (Phi) is 2.92. The number of methoxy groups -OCH3 is 1. The molecule has 1 heteroatoms.